The van der Waals surface area contributed by atoms with E-state index in [4.69, 9.17) is 0 Å². The zero-order chi connectivity index (χ0) is 19.0. The predicted molar refractivity (Wildman–Crippen MR) is 116 cm³/mol. The third-order valence-electron chi connectivity index (χ3n) is 4.61. The van der Waals surface area contributed by atoms with E-state index < -0.39 is 0 Å². The van der Waals surface area contributed by atoms with Gasteiger partial charge in [0.2, 0.25) is 0 Å². The second-order valence-corrected chi connectivity index (χ2v) is 8.56. The van der Waals surface area contributed by atoms with Crippen LogP contribution in [0, 0.1) is 0 Å². The molecule has 25 heavy (non-hydrogen) atoms. The molecule has 0 radical (unpaired) electrons. The van der Waals surface area contributed by atoms with Crippen molar-refractivity contribution >= 4 is 11.8 Å². The van der Waals surface area contributed by atoms with Gasteiger partial charge in [-0.15, -0.1) is 6.58 Å². The molecule has 1 heterocycles. The van der Waals surface area contributed by atoms with Crippen LogP contribution in [0.25, 0.3) is 0 Å². The molecular formula is C22H36N2S. The summed E-state index contributed by atoms with van der Waals surface area (Å²) in [5.41, 5.74) is 5.93. The highest BCUT2D eigenvalue weighted by molar-refractivity contribution is 8.00. The first kappa shape index (κ1) is 21.7. The molecular weight excluding hydrogens is 324 g/mol. The minimum absolute atomic E-state index is 0.297. The van der Waals surface area contributed by atoms with E-state index in [1.165, 1.54) is 17.0 Å². The molecule has 1 saturated heterocycles. The van der Waals surface area contributed by atoms with Gasteiger partial charge in [-0.25, -0.2) is 0 Å². The SMILES string of the molecule is C=C(C)CCCN1C(=C)CC(SCCCC(=C)NC(C)C(=C)C)C1=C. The Labute approximate surface area is 159 Å². The Morgan fingerprint density at radius 3 is 2.48 bits per heavy atom. The van der Waals surface area contributed by atoms with Gasteiger partial charge in [-0.1, -0.05) is 37.5 Å². The van der Waals surface area contributed by atoms with Crippen molar-refractivity contribution < 1.29 is 0 Å². The fourth-order valence-corrected chi connectivity index (χ4v) is 4.05. The van der Waals surface area contributed by atoms with Gasteiger partial charge in [0.15, 0.2) is 0 Å². The maximum Gasteiger partial charge on any atom is 0.0498 e. The van der Waals surface area contributed by atoms with Crippen molar-refractivity contribution in [1.29, 1.82) is 0 Å². The van der Waals surface area contributed by atoms with E-state index in [2.05, 4.69) is 57.0 Å². The molecule has 1 N–H and O–H groups in total. The van der Waals surface area contributed by atoms with Crippen molar-refractivity contribution in [2.75, 3.05) is 12.3 Å². The third kappa shape index (κ3) is 7.60. The molecule has 1 rings (SSSR count). The number of thioether (sulfide) groups is 1. The Kier molecular flexibility index (Phi) is 9.20. The second kappa shape index (κ2) is 10.6. The van der Waals surface area contributed by atoms with Gasteiger partial charge in [0.1, 0.15) is 0 Å². The third-order valence-corrected chi connectivity index (χ3v) is 5.97. The number of nitrogens with zero attached hydrogens (tertiary/aromatic N) is 1. The topological polar surface area (TPSA) is 15.3 Å². The quantitative estimate of drug-likeness (QED) is 0.338. The fourth-order valence-electron chi connectivity index (χ4n) is 2.83. The number of hydrogen-bond acceptors (Lipinski definition) is 3. The number of allylic oxidation sites excluding steroid dienone is 3. The maximum atomic E-state index is 4.32. The molecule has 0 aromatic carbocycles. The first-order valence-electron chi connectivity index (χ1n) is 9.22. The van der Waals surface area contributed by atoms with Gasteiger partial charge in [0.25, 0.3) is 0 Å². The largest absolute Gasteiger partial charge is 0.383 e. The molecule has 0 aromatic heterocycles. The highest BCUT2D eigenvalue weighted by atomic mass is 32.2. The highest BCUT2D eigenvalue weighted by Gasteiger charge is 2.29. The summed E-state index contributed by atoms with van der Waals surface area (Å²) in [6.07, 6.45) is 5.37. The van der Waals surface area contributed by atoms with Crippen molar-refractivity contribution in [2.24, 2.45) is 0 Å². The summed E-state index contributed by atoms with van der Waals surface area (Å²) in [5, 5.41) is 3.89. The Morgan fingerprint density at radius 2 is 1.88 bits per heavy atom. The van der Waals surface area contributed by atoms with Crippen LogP contribution in [0.3, 0.4) is 0 Å². The lowest BCUT2D eigenvalue weighted by atomic mass is 10.1. The van der Waals surface area contributed by atoms with Crippen LogP contribution in [0.1, 0.15) is 52.9 Å². The molecule has 2 unspecified atom stereocenters. The summed E-state index contributed by atoms with van der Waals surface area (Å²) in [6, 6.07) is 0.297. The normalized spacial score (nSPS) is 18.4. The Hall–Kier alpha value is -1.35. The molecule has 1 aliphatic rings. The predicted octanol–water partition coefficient (Wildman–Crippen LogP) is 6.03. The Balaban J connectivity index is 2.28. The minimum Gasteiger partial charge on any atom is -0.383 e. The standard InChI is InChI=1S/C22H36N2S/c1-16(2)11-9-13-24-19(6)15-22(21(24)8)25-14-10-12-18(5)23-20(7)17(3)4/h20,22-23H,1,3,5-6,8-15H2,2,4,7H3. The molecule has 140 valence electrons. The number of likely N-dealkylation sites (tertiary alicyclic amines) is 1. The monoisotopic (exact) mass is 360 g/mol. The first-order valence-corrected chi connectivity index (χ1v) is 10.3. The van der Waals surface area contributed by atoms with Crippen LogP contribution in [-0.4, -0.2) is 28.5 Å². The average Bonchev–Trinajstić information content (AvgIpc) is 2.78. The molecule has 1 fully saturated rings. The highest BCUT2D eigenvalue weighted by Crippen LogP contribution is 2.37. The van der Waals surface area contributed by atoms with Gasteiger partial charge >= 0.3 is 0 Å². The van der Waals surface area contributed by atoms with Crippen LogP contribution < -0.4 is 5.32 Å². The van der Waals surface area contributed by atoms with E-state index in [0.29, 0.717) is 11.3 Å². The van der Waals surface area contributed by atoms with Gasteiger partial charge in [-0.3, -0.25) is 0 Å². The summed E-state index contributed by atoms with van der Waals surface area (Å²) in [4.78, 5) is 2.32. The van der Waals surface area contributed by atoms with Gasteiger partial charge in [-0.2, -0.15) is 11.8 Å². The van der Waals surface area contributed by atoms with Crippen molar-refractivity contribution in [1.82, 2.24) is 10.2 Å². The lowest BCUT2D eigenvalue weighted by Gasteiger charge is -2.22. The summed E-state index contributed by atoms with van der Waals surface area (Å²) in [7, 11) is 0. The van der Waals surface area contributed by atoms with Crippen molar-refractivity contribution in [3.63, 3.8) is 0 Å². The van der Waals surface area contributed by atoms with E-state index in [0.717, 1.165) is 55.7 Å². The number of nitrogens with one attached hydrogen (secondary N) is 1. The molecule has 2 nitrogen and oxygen atoms in total. The molecule has 0 spiro atoms. The van der Waals surface area contributed by atoms with Crippen LogP contribution in [-0.2, 0) is 0 Å². The van der Waals surface area contributed by atoms with Crippen LogP contribution in [0.4, 0.5) is 0 Å². The second-order valence-electron chi connectivity index (χ2n) is 7.25. The van der Waals surface area contributed by atoms with Crippen molar-refractivity contribution in [3.05, 3.63) is 61.1 Å². The van der Waals surface area contributed by atoms with Gasteiger partial charge < -0.3 is 10.2 Å². The van der Waals surface area contributed by atoms with E-state index in [1.54, 1.807) is 0 Å². The molecule has 0 bridgehead atoms. The summed E-state index contributed by atoms with van der Waals surface area (Å²) in [5.74, 6) is 1.12. The molecule has 0 aromatic rings. The first-order chi connectivity index (χ1) is 11.7. The van der Waals surface area contributed by atoms with Crippen LogP contribution in [0.15, 0.2) is 61.1 Å². The van der Waals surface area contributed by atoms with Gasteiger partial charge in [-0.05, 0) is 52.2 Å². The Morgan fingerprint density at radius 1 is 1.20 bits per heavy atom. The smallest absolute Gasteiger partial charge is 0.0498 e. The number of rotatable bonds is 12. The average molecular weight is 361 g/mol. The molecule has 0 saturated carbocycles. The molecule has 0 amide bonds. The summed E-state index contributed by atoms with van der Waals surface area (Å²) >= 11 is 2.00. The maximum absolute atomic E-state index is 4.32. The van der Waals surface area contributed by atoms with Crippen LogP contribution in [0.5, 0.6) is 0 Å². The van der Waals surface area contributed by atoms with Gasteiger partial charge in [0, 0.05) is 41.3 Å². The lowest BCUT2D eigenvalue weighted by molar-refractivity contribution is 0.447. The fraction of sp³-hybridized carbons (Fsp3) is 0.545. The molecule has 3 heteroatoms. The van der Waals surface area contributed by atoms with Crippen LogP contribution >= 0.6 is 11.8 Å². The minimum atomic E-state index is 0.297. The van der Waals surface area contributed by atoms with E-state index in [-0.39, 0.29) is 0 Å². The van der Waals surface area contributed by atoms with Gasteiger partial charge in [0.05, 0.1) is 0 Å². The van der Waals surface area contributed by atoms with E-state index >= 15 is 0 Å². The summed E-state index contributed by atoms with van der Waals surface area (Å²) < 4.78 is 0. The van der Waals surface area contributed by atoms with E-state index in [1.807, 2.05) is 18.7 Å². The zero-order valence-corrected chi connectivity index (χ0v) is 17.3. The zero-order valence-electron chi connectivity index (χ0n) is 16.5. The molecule has 0 aliphatic carbocycles. The lowest BCUT2D eigenvalue weighted by Crippen LogP contribution is -2.25. The molecule has 1 aliphatic heterocycles. The summed E-state index contributed by atoms with van der Waals surface area (Å²) in [6.45, 7) is 27.9. The van der Waals surface area contributed by atoms with Crippen molar-refractivity contribution in [3.8, 4) is 0 Å². The Bertz CT molecular complexity index is 532. The number of hydrogen-bond donors (Lipinski definition) is 1. The molecule has 2 atom stereocenters. The van der Waals surface area contributed by atoms with Crippen molar-refractivity contribution in [2.45, 2.75) is 64.2 Å². The van der Waals surface area contributed by atoms with Crippen LogP contribution in [0.2, 0.25) is 0 Å². The van der Waals surface area contributed by atoms with E-state index in [9.17, 15) is 0 Å².